The average Bonchev–Trinajstić information content (AvgIpc) is 2.56. The molecule has 3 heteroatoms. The van der Waals surface area contributed by atoms with E-state index in [1.165, 1.54) is 51.4 Å². The highest BCUT2D eigenvalue weighted by Crippen LogP contribution is 2.32. The van der Waals surface area contributed by atoms with Crippen LogP contribution in [0.4, 0.5) is 4.39 Å². The fourth-order valence-electron chi connectivity index (χ4n) is 3.02. The zero-order valence-electron chi connectivity index (χ0n) is 14.4. The summed E-state index contributed by atoms with van der Waals surface area (Å²) in [5.41, 5.74) is 0. The fraction of sp³-hybridized carbons (Fsp3) is 0.789. The Morgan fingerprint density at radius 2 is 1.82 bits per heavy atom. The second-order valence-electron chi connectivity index (χ2n) is 6.24. The summed E-state index contributed by atoms with van der Waals surface area (Å²) in [5, 5.41) is 0. The first-order chi connectivity index (χ1) is 10.8. The summed E-state index contributed by atoms with van der Waals surface area (Å²) >= 11 is 0. The summed E-state index contributed by atoms with van der Waals surface area (Å²) in [7, 11) is 0. The summed E-state index contributed by atoms with van der Waals surface area (Å²) in [4.78, 5) is 0. The van der Waals surface area contributed by atoms with E-state index in [-0.39, 0.29) is 0 Å². The van der Waals surface area contributed by atoms with E-state index in [2.05, 4.69) is 6.92 Å². The molecule has 0 spiro atoms. The van der Waals surface area contributed by atoms with Crippen LogP contribution < -0.4 is 0 Å². The van der Waals surface area contributed by atoms with Gasteiger partial charge < -0.3 is 9.47 Å². The predicted octanol–water partition coefficient (Wildman–Crippen LogP) is 5.79. The lowest BCUT2D eigenvalue weighted by Gasteiger charge is -2.28. The van der Waals surface area contributed by atoms with Crippen LogP contribution in [0.2, 0.25) is 0 Å². The van der Waals surface area contributed by atoms with Crippen molar-refractivity contribution in [2.24, 2.45) is 11.8 Å². The maximum atomic E-state index is 12.9. The second-order valence-corrected chi connectivity index (χ2v) is 6.24. The molecule has 2 nitrogen and oxygen atoms in total. The summed E-state index contributed by atoms with van der Waals surface area (Å²) in [5.74, 6) is 1.90. The van der Waals surface area contributed by atoms with Crippen LogP contribution in [-0.2, 0) is 9.47 Å². The molecule has 1 aliphatic rings. The Bertz CT molecular complexity index is 317. The molecule has 1 rings (SSSR count). The van der Waals surface area contributed by atoms with E-state index >= 15 is 0 Å². The van der Waals surface area contributed by atoms with Crippen molar-refractivity contribution in [1.29, 1.82) is 0 Å². The molecule has 0 amide bonds. The molecular weight excluding hydrogens is 279 g/mol. The summed E-state index contributed by atoms with van der Waals surface area (Å²) in [6.07, 6.45) is 15.4. The van der Waals surface area contributed by atoms with Crippen LogP contribution in [0.1, 0.15) is 65.2 Å². The first-order valence-electron chi connectivity index (χ1n) is 8.96. The Hall–Kier alpha value is -0.990. The van der Waals surface area contributed by atoms with Crippen molar-refractivity contribution in [3.05, 3.63) is 24.2 Å². The summed E-state index contributed by atoms with van der Waals surface area (Å²) in [6, 6.07) is 0. The number of unbranched alkanes of at least 4 members (excludes halogenated alkanes) is 2. The van der Waals surface area contributed by atoms with Crippen LogP contribution >= 0.6 is 0 Å². The quantitative estimate of drug-likeness (QED) is 0.273. The van der Waals surface area contributed by atoms with Crippen LogP contribution in [0.5, 0.6) is 0 Å². The third kappa shape index (κ3) is 8.45. The van der Waals surface area contributed by atoms with Crippen LogP contribution in [0.15, 0.2) is 24.2 Å². The van der Waals surface area contributed by atoms with Crippen molar-refractivity contribution in [3.63, 3.8) is 0 Å². The molecule has 1 aliphatic carbocycles. The molecule has 0 heterocycles. The van der Waals surface area contributed by atoms with Gasteiger partial charge in [-0.2, -0.15) is 0 Å². The molecule has 0 aliphatic heterocycles. The lowest BCUT2D eigenvalue weighted by Crippen LogP contribution is -2.19. The molecule has 0 aromatic carbocycles. The highest BCUT2D eigenvalue weighted by molar-refractivity contribution is 5.06. The van der Waals surface area contributed by atoms with E-state index in [1.807, 2.05) is 6.92 Å². The zero-order valence-corrected chi connectivity index (χ0v) is 14.4. The first kappa shape index (κ1) is 19.1. The molecular formula is C19H33FO2. The first-order valence-corrected chi connectivity index (χ1v) is 8.96. The molecule has 0 saturated heterocycles. The largest absolute Gasteiger partial charge is 0.501 e. The molecule has 0 aromatic heterocycles. The van der Waals surface area contributed by atoms with Gasteiger partial charge in [-0.1, -0.05) is 45.4 Å². The number of rotatable bonds is 11. The Kier molecular flexibility index (Phi) is 10.9. The monoisotopic (exact) mass is 312 g/mol. The van der Waals surface area contributed by atoms with Crippen molar-refractivity contribution in [3.8, 4) is 0 Å². The Morgan fingerprint density at radius 3 is 2.45 bits per heavy atom. The zero-order chi connectivity index (χ0) is 16.0. The molecule has 0 bridgehead atoms. The third-order valence-corrected chi connectivity index (χ3v) is 4.44. The highest BCUT2D eigenvalue weighted by atomic mass is 19.1. The van der Waals surface area contributed by atoms with E-state index in [4.69, 9.17) is 9.47 Å². The summed E-state index contributed by atoms with van der Waals surface area (Å²) < 4.78 is 23.6. The van der Waals surface area contributed by atoms with Crippen molar-refractivity contribution in [1.82, 2.24) is 0 Å². The minimum absolute atomic E-state index is 0.404. The van der Waals surface area contributed by atoms with Crippen molar-refractivity contribution in [2.75, 3.05) is 19.9 Å². The maximum absolute atomic E-state index is 12.9. The lowest BCUT2D eigenvalue weighted by atomic mass is 9.80. The molecule has 0 unspecified atom stereocenters. The Morgan fingerprint density at radius 1 is 1.09 bits per heavy atom. The molecule has 0 N–H and O–H groups in total. The summed E-state index contributed by atoms with van der Waals surface area (Å²) in [6.45, 7) is 4.90. The van der Waals surface area contributed by atoms with Gasteiger partial charge in [0.15, 0.2) is 0 Å². The molecule has 0 radical (unpaired) electrons. The highest BCUT2D eigenvalue weighted by Gasteiger charge is 2.21. The molecule has 1 fully saturated rings. The predicted molar refractivity (Wildman–Crippen MR) is 90.4 cm³/mol. The van der Waals surface area contributed by atoms with Gasteiger partial charge in [-0.05, 0) is 43.8 Å². The van der Waals surface area contributed by atoms with E-state index in [0.29, 0.717) is 24.9 Å². The topological polar surface area (TPSA) is 18.5 Å². The van der Waals surface area contributed by atoms with E-state index in [9.17, 15) is 4.39 Å². The van der Waals surface area contributed by atoms with Gasteiger partial charge in [0.25, 0.3) is 0 Å². The Balaban J connectivity index is 2.19. The number of allylic oxidation sites excluding steroid dienone is 3. The van der Waals surface area contributed by atoms with Gasteiger partial charge in [0.1, 0.15) is 12.4 Å². The SMILES string of the molecule is CCCCCC1CCC(CO/C(=C/C=C/OCC)CF)CC1. The van der Waals surface area contributed by atoms with Gasteiger partial charge in [0.2, 0.25) is 0 Å². The fourth-order valence-corrected chi connectivity index (χ4v) is 3.02. The maximum Gasteiger partial charge on any atom is 0.146 e. The Labute approximate surface area is 135 Å². The van der Waals surface area contributed by atoms with Crippen molar-refractivity contribution < 1.29 is 13.9 Å². The minimum atomic E-state index is -0.553. The number of alkyl halides is 1. The van der Waals surface area contributed by atoms with Gasteiger partial charge in [-0.25, -0.2) is 4.39 Å². The van der Waals surface area contributed by atoms with Crippen LogP contribution in [0.25, 0.3) is 0 Å². The molecule has 128 valence electrons. The molecule has 22 heavy (non-hydrogen) atoms. The average molecular weight is 312 g/mol. The second kappa shape index (κ2) is 12.5. The smallest absolute Gasteiger partial charge is 0.146 e. The molecule has 0 atom stereocenters. The van der Waals surface area contributed by atoms with Gasteiger partial charge in [-0.15, -0.1) is 0 Å². The van der Waals surface area contributed by atoms with Gasteiger partial charge in [0, 0.05) is 0 Å². The number of ether oxygens (including phenoxy) is 2. The van der Waals surface area contributed by atoms with Crippen LogP contribution in [0, 0.1) is 11.8 Å². The van der Waals surface area contributed by atoms with E-state index in [1.54, 1.807) is 18.4 Å². The number of halogens is 1. The van der Waals surface area contributed by atoms with Crippen molar-refractivity contribution in [2.45, 2.75) is 65.2 Å². The minimum Gasteiger partial charge on any atom is -0.501 e. The normalized spacial score (nSPS) is 23.0. The standard InChI is InChI=1S/C19H33FO2/c1-3-5-6-8-17-10-12-18(13-11-17)16-22-19(15-20)9-7-14-21-4-2/h7,9,14,17-18H,3-6,8,10-13,15-16H2,1-2H3/b14-7+,19-9+. The van der Waals surface area contributed by atoms with Gasteiger partial charge >= 0.3 is 0 Å². The van der Waals surface area contributed by atoms with Crippen LogP contribution in [-0.4, -0.2) is 19.9 Å². The lowest BCUT2D eigenvalue weighted by molar-refractivity contribution is 0.116. The van der Waals surface area contributed by atoms with Gasteiger partial charge in [0.05, 0.1) is 19.5 Å². The van der Waals surface area contributed by atoms with Gasteiger partial charge in [-0.3, -0.25) is 0 Å². The molecule has 1 saturated carbocycles. The van der Waals surface area contributed by atoms with Crippen LogP contribution in [0.3, 0.4) is 0 Å². The van der Waals surface area contributed by atoms with Crippen molar-refractivity contribution >= 4 is 0 Å². The van der Waals surface area contributed by atoms with E-state index < -0.39 is 6.67 Å². The number of hydrogen-bond acceptors (Lipinski definition) is 2. The third-order valence-electron chi connectivity index (χ3n) is 4.44. The number of hydrogen-bond donors (Lipinski definition) is 0. The molecule has 0 aromatic rings. The van der Waals surface area contributed by atoms with E-state index in [0.717, 1.165) is 5.92 Å².